The number of carbonyl (C=O) groups excluding carboxylic acids is 1. The van der Waals surface area contributed by atoms with Gasteiger partial charge in [-0.25, -0.2) is 9.97 Å². The van der Waals surface area contributed by atoms with E-state index in [0.717, 1.165) is 38.9 Å². The second-order valence-corrected chi connectivity index (χ2v) is 8.15. The van der Waals surface area contributed by atoms with E-state index in [1.165, 1.54) is 12.4 Å². The number of hydrogen-bond donors (Lipinski definition) is 3. The van der Waals surface area contributed by atoms with Gasteiger partial charge in [-0.1, -0.05) is 48.2 Å². The maximum atomic E-state index is 12.9. The number of nitrogens with two attached hydrogens (primary N) is 1. The second kappa shape index (κ2) is 9.15. The van der Waals surface area contributed by atoms with E-state index in [1.807, 2.05) is 68.7 Å². The molecule has 0 saturated heterocycles. The minimum absolute atomic E-state index is 0.0880. The molecule has 172 valence electrons. The molecule has 0 aliphatic carbocycles. The Labute approximate surface area is 202 Å². The van der Waals surface area contributed by atoms with Gasteiger partial charge in [-0.05, 0) is 24.6 Å². The van der Waals surface area contributed by atoms with Crippen molar-refractivity contribution in [2.75, 3.05) is 5.73 Å². The molecule has 5 aromatic rings. The Hall–Kier alpha value is -4.90. The number of aryl methyl sites for hydroxylation is 1. The van der Waals surface area contributed by atoms with Crippen LogP contribution in [0.1, 0.15) is 40.3 Å². The summed E-state index contributed by atoms with van der Waals surface area (Å²) in [7, 11) is 1.86. The molecule has 3 aromatic heterocycles. The highest BCUT2D eigenvalue weighted by molar-refractivity contribution is 6.02. The zero-order chi connectivity index (χ0) is 24.4. The average molecular weight is 462 g/mol. The number of rotatable bonds is 4. The molecule has 2 aromatic carbocycles. The lowest BCUT2D eigenvalue weighted by Gasteiger charge is -2.16. The quantitative estimate of drug-likeness (QED) is 0.352. The second-order valence-electron chi connectivity index (χ2n) is 8.15. The standard InChI is InChI=1S/C27H23N7O/c1-17(32-27(35)25-26(28)30-14-13-29-25)24-23(19-7-4-3-5-8-19)22-20(9-6-10-21(22)33-24)12-11-18-15-31-34(2)16-18/h3-10,13-17,33H,1-2H3,(H2,28,30)(H,32,35)/t17-/m1/s1. The Bertz CT molecular complexity index is 1590. The molecule has 8 nitrogen and oxygen atoms in total. The van der Waals surface area contributed by atoms with E-state index in [1.54, 1.807) is 10.9 Å². The van der Waals surface area contributed by atoms with Gasteiger partial charge in [0.2, 0.25) is 0 Å². The molecule has 0 radical (unpaired) electrons. The predicted octanol–water partition coefficient (Wildman–Crippen LogP) is 3.83. The first-order valence-corrected chi connectivity index (χ1v) is 11.1. The molecule has 0 aliphatic rings. The first-order valence-electron chi connectivity index (χ1n) is 11.1. The average Bonchev–Trinajstić information content (AvgIpc) is 3.47. The number of H-pyrrole nitrogens is 1. The van der Waals surface area contributed by atoms with E-state index in [9.17, 15) is 4.79 Å². The number of nitrogens with zero attached hydrogens (tertiary/aromatic N) is 4. The molecule has 1 atom stereocenters. The molecular formula is C27H23N7O. The fraction of sp³-hybridized carbons (Fsp3) is 0.111. The van der Waals surface area contributed by atoms with Gasteiger partial charge < -0.3 is 16.0 Å². The minimum Gasteiger partial charge on any atom is -0.382 e. The molecule has 3 heterocycles. The summed E-state index contributed by atoms with van der Waals surface area (Å²) in [6, 6.07) is 15.7. The Morgan fingerprint density at radius 3 is 2.63 bits per heavy atom. The number of fused-ring (bicyclic) bond motifs is 1. The third-order valence-corrected chi connectivity index (χ3v) is 5.68. The van der Waals surface area contributed by atoms with Gasteiger partial charge in [-0.2, -0.15) is 5.10 Å². The fourth-order valence-electron chi connectivity index (χ4n) is 4.09. The molecular weight excluding hydrogens is 438 g/mol. The molecule has 0 spiro atoms. The molecule has 0 aliphatic heterocycles. The van der Waals surface area contributed by atoms with Crippen molar-refractivity contribution in [3.05, 3.63) is 95.8 Å². The van der Waals surface area contributed by atoms with Gasteiger partial charge in [-0.3, -0.25) is 9.48 Å². The molecule has 35 heavy (non-hydrogen) atoms. The lowest BCUT2D eigenvalue weighted by Crippen LogP contribution is -2.29. The topological polar surface area (TPSA) is 115 Å². The third-order valence-electron chi connectivity index (χ3n) is 5.68. The molecule has 8 heteroatoms. The summed E-state index contributed by atoms with van der Waals surface area (Å²) >= 11 is 0. The largest absolute Gasteiger partial charge is 0.382 e. The SMILES string of the molecule is C[C@@H](NC(=O)c1nccnc1N)c1[nH]c2cccc(C#Cc3cnn(C)c3)c2c1-c1ccccc1. The Balaban J connectivity index is 1.62. The number of nitrogens with one attached hydrogen (secondary N) is 2. The first kappa shape index (κ1) is 21.9. The number of aromatic amines is 1. The highest BCUT2D eigenvalue weighted by Gasteiger charge is 2.23. The van der Waals surface area contributed by atoms with Gasteiger partial charge in [0.25, 0.3) is 5.91 Å². The number of anilines is 1. The van der Waals surface area contributed by atoms with Crippen LogP contribution in [0.3, 0.4) is 0 Å². The van der Waals surface area contributed by atoms with Crippen molar-refractivity contribution in [1.82, 2.24) is 30.0 Å². The summed E-state index contributed by atoms with van der Waals surface area (Å²) in [6.45, 7) is 1.92. The maximum Gasteiger partial charge on any atom is 0.274 e. The zero-order valence-corrected chi connectivity index (χ0v) is 19.3. The predicted molar refractivity (Wildman–Crippen MR) is 135 cm³/mol. The summed E-state index contributed by atoms with van der Waals surface area (Å²) in [6.07, 6.45) is 6.52. The summed E-state index contributed by atoms with van der Waals surface area (Å²) in [5.74, 6) is 6.21. The normalized spacial score (nSPS) is 11.6. The van der Waals surface area contributed by atoms with Gasteiger partial charge in [0.05, 0.1) is 17.8 Å². The van der Waals surface area contributed by atoms with Crippen molar-refractivity contribution in [3.63, 3.8) is 0 Å². The van der Waals surface area contributed by atoms with Crippen molar-refractivity contribution in [2.24, 2.45) is 7.05 Å². The van der Waals surface area contributed by atoms with Crippen molar-refractivity contribution in [2.45, 2.75) is 13.0 Å². The Morgan fingerprint density at radius 2 is 1.89 bits per heavy atom. The van der Waals surface area contributed by atoms with Crippen LogP contribution < -0.4 is 11.1 Å². The van der Waals surface area contributed by atoms with Gasteiger partial charge >= 0.3 is 0 Å². The van der Waals surface area contributed by atoms with Gasteiger partial charge in [0, 0.05) is 53.4 Å². The molecule has 0 fully saturated rings. The number of amides is 1. The van der Waals surface area contributed by atoms with Crippen LogP contribution in [0.4, 0.5) is 5.82 Å². The van der Waals surface area contributed by atoms with Crippen LogP contribution in [0.15, 0.2) is 73.3 Å². The molecule has 1 amide bonds. The minimum atomic E-state index is -0.391. The van der Waals surface area contributed by atoms with Crippen molar-refractivity contribution in [1.29, 1.82) is 0 Å². The van der Waals surface area contributed by atoms with E-state index in [-0.39, 0.29) is 17.6 Å². The summed E-state index contributed by atoms with van der Waals surface area (Å²) < 4.78 is 1.72. The van der Waals surface area contributed by atoms with Crippen molar-refractivity contribution >= 4 is 22.6 Å². The third kappa shape index (κ3) is 4.35. The lowest BCUT2D eigenvalue weighted by molar-refractivity contribution is 0.0935. The van der Waals surface area contributed by atoms with Crippen LogP contribution in [0.2, 0.25) is 0 Å². The first-order chi connectivity index (χ1) is 17.0. The number of nitrogen functional groups attached to an aromatic ring is 1. The summed E-state index contributed by atoms with van der Waals surface area (Å²) in [5.41, 5.74) is 11.5. The van der Waals surface area contributed by atoms with E-state index < -0.39 is 5.91 Å². The van der Waals surface area contributed by atoms with Crippen LogP contribution in [-0.2, 0) is 7.05 Å². The molecule has 0 unspecified atom stereocenters. The van der Waals surface area contributed by atoms with E-state index in [4.69, 9.17) is 5.73 Å². The fourth-order valence-corrected chi connectivity index (χ4v) is 4.09. The number of benzene rings is 2. The van der Waals surface area contributed by atoms with Crippen LogP contribution in [-0.4, -0.2) is 30.6 Å². The van der Waals surface area contributed by atoms with E-state index in [2.05, 4.69) is 37.2 Å². The summed E-state index contributed by atoms with van der Waals surface area (Å²) in [5, 5.41) is 8.19. The lowest BCUT2D eigenvalue weighted by atomic mass is 9.96. The molecule has 0 saturated carbocycles. The van der Waals surface area contributed by atoms with Gasteiger partial charge in [0.1, 0.15) is 0 Å². The van der Waals surface area contributed by atoms with E-state index >= 15 is 0 Å². The van der Waals surface area contributed by atoms with Crippen LogP contribution in [0.5, 0.6) is 0 Å². The maximum absolute atomic E-state index is 12.9. The Morgan fingerprint density at radius 1 is 1.09 bits per heavy atom. The number of carbonyl (C=O) groups is 1. The number of hydrogen-bond acceptors (Lipinski definition) is 5. The van der Waals surface area contributed by atoms with Crippen molar-refractivity contribution in [3.8, 4) is 23.0 Å². The highest BCUT2D eigenvalue weighted by Crippen LogP contribution is 2.37. The Kier molecular flexibility index (Phi) is 5.73. The van der Waals surface area contributed by atoms with E-state index in [0.29, 0.717) is 0 Å². The molecule has 4 N–H and O–H groups in total. The monoisotopic (exact) mass is 461 g/mol. The zero-order valence-electron chi connectivity index (χ0n) is 19.3. The summed E-state index contributed by atoms with van der Waals surface area (Å²) in [4.78, 5) is 24.5. The van der Waals surface area contributed by atoms with Crippen LogP contribution >= 0.6 is 0 Å². The van der Waals surface area contributed by atoms with Gasteiger partial charge in [0.15, 0.2) is 11.5 Å². The van der Waals surface area contributed by atoms with Crippen LogP contribution in [0, 0.1) is 11.8 Å². The van der Waals surface area contributed by atoms with Gasteiger partial charge in [-0.15, -0.1) is 0 Å². The van der Waals surface area contributed by atoms with Crippen LogP contribution in [0.25, 0.3) is 22.0 Å². The molecule has 5 rings (SSSR count). The smallest absolute Gasteiger partial charge is 0.274 e. The van der Waals surface area contributed by atoms with Crippen molar-refractivity contribution < 1.29 is 4.79 Å². The molecule has 0 bridgehead atoms. The number of aromatic nitrogens is 5. The highest BCUT2D eigenvalue weighted by atomic mass is 16.2.